The van der Waals surface area contributed by atoms with Gasteiger partial charge in [-0.2, -0.15) is 0 Å². The highest BCUT2D eigenvalue weighted by Gasteiger charge is 2.13. The highest BCUT2D eigenvalue weighted by molar-refractivity contribution is 5.70. The minimum atomic E-state index is -0.774. The van der Waals surface area contributed by atoms with E-state index in [1.807, 2.05) is 31.2 Å². The summed E-state index contributed by atoms with van der Waals surface area (Å²) in [4.78, 5) is 11.0. The largest absolute Gasteiger partial charge is 0.469 e. The van der Waals surface area contributed by atoms with Crippen molar-refractivity contribution >= 4 is 5.97 Å². The van der Waals surface area contributed by atoms with Crippen molar-refractivity contribution < 1.29 is 14.6 Å². The van der Waals surface area contributed by atoms with E-state index >= 15 is 0 Å². The molecule has 0 aromatic heterocycles. The minimum absolute atomic E-state index is 0.00364. The van der Waals surface area contributed by atoms with Crippen molar-refractivity contribution in [1.29, 1.82) is 0 Å². The maximum Gasteiger partial charge on any atom is 0.308 e. The van der Waals surface area contributed by atoms with Gasteiger partial charge in [-0.25, -0.2) is 0 Å². The van der Waals surface area contributed by atoms with E-state index in [2.05, 4.69) is 4.74 Å². The fraction of sp³-hybridized carbons (Fsp3) is 0.417. The zero-order valence-corrected chi connectivity index (χ0v) is 9.06. The van der Waals surface area contributed by atoms with Crippen LogP contribution in [-0.2, 0) is 16.0 Å². The van der Waals surface area contributed by atoms with Gasteiger partial charge in [-0.05, 0) is 17.5 Å². The Labute approximate surface area is 89.7 Å². The SMILES string of the molecule is CCc1cccc([C@@H](O)CC(=O)OC)c1. The summed E-state index contributed by atoms with van der Waals surface area (Å²) in [7, 11) is 1.32. The van der Waals surface area contributed by atoms with Crippen molar-refractivity contribution in [3.8, 4) is 0 Å². The standard InChI is InChI=1S/C12H16O3/c1-3-9-5-4-6-10(7-9)11(13)8-12(14)15-2/h4-7,11,13H,3,8H2,1-2H3/t11-/m0/s1. The summed E-state index contributed by atoms with van der Waals surface area (Å²) in [6.45, 7) is 2.05. The molecule has 1 atom stereocenters. The second kappa shape index (κ2) is 5.51. The lowest BCUT2D eigenvalue weighted by Crippen LogP contribution is -2.08. The van der Waals surface area contributed by atoms with Gasteiger partial charge in [0.05, 0.1) is 19.6 Å². The molecule has 0 heterocycles. The van der Waals surface area contributed by atoms with Gasteiger partial charge in [-0.15, -0.1) is 0 Å². The smallest absolute Gasteiger partial charge is 0.308 e. The number of ether oxygens (including phenoxy) is 1. The van der Waals surface area contributed by atoms with Gasteiger partial charge in [-0.1, -0.05) is 31.2 Å². The van der Waals surface area contributed by atoms with E-state index in [0.717, 1.165) is 17.5 Å². The van der Waals surface area contributed by atoms with Crippen molar-refractivity contribution in [3.63, 3.8) is 0 Å². The number of esters is 1. The van der Waals surface area contributed by atoms with Gasteiger partial charge in [0, 0.05) is 0 Å². The van der Waals surface area contributed by atoms with Crippen LogP contribution in [0.15, 0.2) is 24.3 Å². The van der Waals surface area contributed by atoms with E-state index in [0.29, 0.717) is 0 Å². The highest BCUT2D eigenvalue weighted by Crippen LogP contribution is 2.18. The maximum atomic E-state index is 11.0. The molecule has 3 nitrogen and oxygen atoms in total. The minimum Gasteiger partial charge on any atom is -0.469 e. The number of benzene rings is 1. The summed E-state index contributed by atoms with van der Waals surface area (Å²) in [6.07, 6.45) is 0.145. The predicted octanol–water partition coefficient (Wildman–Crippen LogP) is 1.85. The summed E-state index contributed by atoms with van der Waals surface area (Å²) >= 11 is 0. The van der Waals surface area contributed by atoms with Gasteiger partial charge in [0.15, 0.2) is 0 Å². The Morgan fingerprint density at radius 1 is 1.53 bits per heavy atom. The molecule has 0 bridgehead atoms. The van der Waals surface area contributed by atoms with E-state index < -0.39 is 12.1 Å². The van der Waals surface area contributed by atoms with Crippen LogP contribution in [0, 0.1) is 0 Å². The predicted molar refractivity (Wildman–Crippen MR) is 57.4 cm³/mol. The summed E-state index contributed by atoms with van der Waals surface area (Å²) < 4.78 is 4.50. The highest BCUT2D eigenvalue weighted by atomic mass is 16.5. The second-order valence-electron chi connectivity index (χ2n) is 3.39. The average Bonchev–Trinajstić information content (AvgIpc) is 2.28. The van der Waals surface area contributed by atoms with Crippen molar-refractivity contribution in [1.82, 2.24) is 0 Å². The average molecular weight is 208 g/mol. The van der Waals surface area contributed by atoms with E-state index in [1.165, 1.54) is 7.11 Å². The fourth-order valence-corrected chi connectivity index (χ4v) is 1.38. The third kappa shape index (κ3) is 3.36. The molecule has 0 amide bonds. The van der Waals surface area contributed by atoms with Crippen LogP contribution < -0.4 is 0 Å². The first-order valence-corrected chi connectivity index (χ1v) is 5.01. The molecule has 0 saturated heterocycles. The monoisotopic (exact) mass is 208 g/mol. The molecule has 0 unspecified atom stereocenters. The molecule has 1 aromatic carbocycles. The number of carbonyl (C=O) groups excluding carboxylic acids is 1. The van der Waals surface area contributed by atoms with Gasteiger partial charge in [0.25, 0.3) is 0 Å². The molecule has 0 radical (unpaired) electrons. The molecule has 0 aliphatic heterocycles. The number of hydrogen-bond donors (Lipinski definition) is 1. The summed E-state index contributed by atoms with van der Waals surface area (Å²) in [5, 5.41) is 9.74. The Bertz CT molecular complexity index is 333. The van der Waals surface area contributed by atoms with Gasteiger partial charge in [-0.3, -0.25) is 4.79 Å². The first-order valence-electron chi connectivity index (χ1n) is 5.01. The Morgan fingerprint density at radius 2 is 2.27 bits per heavy atom. The first-order chi connectivity index (χ1) is 7.17. The van der Waals surface area contributed by atoms with Gasteiger partial charge in [0.1, 0.15) is 0 Å². The fourth-order valence-electron chi connectivity index (χ4n) is 1.38. The van der Waals surface area contributed by atoms with Gasteiger partial charge < -0.3 is 9.84 Å². The molecule has 0 aliphatic carbocycles. The third-order valence-electron chi connectivity index (χ3n) is 2.33. The molecule has 3 heteroatoms. The van der Waals surface area contributed by atoms with Crippen LogP contribution >= 0.6 is 0 Å². The van der Waals surface area contributed by atoms with Crippen LogP contribution in [0.2, 0.25) is 0 Å². The Kier molecular flexibility index (Phi) is 4.31. The summed E-state index contributed by atoms with van der Waals surface area (Å²) in [6, 6.07) is 7.60. The van der Waals surface area contributed by atoms with E-state index in [4.69, 9.17) is 0 Å². The number of aryl methyl sites for hydroxylation is 1. The molecular weight excluding hydrogens is 192 g/mol. The van der Waals surface area contributed by atoms with E-state index in [1.54, 1.807) is 0 Å². The number of carbonyl (C=O) groups is 1. The molecular formula is C12H16O3. The second-order valence-corrected chi connectivity index (χ2v) is 3.39. The molecule has 82 valence electrons. The molecule has 0 saturated carbocycles. The number of hydrogen-bond acceptors (Lipinski definition) is 3. The lowest BCUT2D eigenvalue weighted by molar-refractivity contribution is -0.142. The van der Waals surface area contributed by atoms with Crippen LogP contribution in [0.3, 0.4) is 0 Å². The van der Waals surface area contributed by atoms with E-state index in [-0.39, 0.29) is 6.42 Å². The first kappa shape index (κ1) is 11.7. The van der Waals surface area contributed by atoms with Gasteiger partial charge >= 0.3 is 5.97 Å². The maximum absolute atomic E-state index is 11.0. The zero-order valence-electron chi connectivity index (χ0n) is 9.06. The van der Waals surface area contributed by atoms with Crippen LogP contribution in [0.1, 0.15) is 30.6 Å². The Balaban J connectivity index is 2.72. The van der Waals surface area contributed by atoms with E-state index in [9.17, 15) is 9.90 Å². The quantitative estimate of drug-likeness (QED) is 0.768. The van der Waals surface area contributed by atoms with Crippen molar-refractivity contribution in [2.24, 2.45) is 0 Å². The van der Waals surface area contributed by atoms with Crippen LogP contribution in [0.4, 0.5) is 0 Å². The number of aliphatic hydroxyl groups is 1. The van der Waals surface area contributed by atoms with Gasteiger partial charge in [0.2, 0.25) is 0 Å². The number of rotatable bonds is 4. The summed E-state index contributed by atoms with van der Waals surface area (Å²) in [5.74, 6) is -0.399. The van der Waals surface area contributed by atoms with Crippen molar-refractivity contribution in [2.45, 2.75) is 25.9 Å². The van der Waals surface area contributed by atoms with Crippen LogP contribution in [-0.4, -0.2) is 18.2 Å². The van der Waals surface area contributed by atoms with Crippen LogP contribution in [0.5, 0.6) is 0 Å². The normalized spacial score (nSPS) is 12.2. The number of methoxy groups -OCH3 is 1. The molecule has 1 N–H and O–H groups in total. The van der Waals surface area contributed by atoms with Crippen molar-refractivity contribution in [2.75, 3.05) is 7.11 Å². The van der Waals surface area contributed by atoms with Crippen LogP contribution in [0.25, 0.3) is 0 Å². The van der Waals surface area contributed by atoms with Crippen molar-refractivity contribution in [3.05, 3.63) is 35.4 Å². The summed E-state index contributed by atoms with van der Waals surface area (Å²) in [5.41, 5.74) is 1.91. The molecule has 0 aliphatic rings. The Morgan fingerprint density at radius 3 is 2.87 bits per heavy atom. The molecule has 1 aromatic rings. The number of aliphatic hydroxyl groups excluding tert-OH is 1. The lowest BCUT2D eigenvalue weighted by Gasteiger charge is -2.10. The topological polar surface area (TPSA) is 46.5 Å². The molecule has 0 fully saturated rings. The molecule has 1 rings (SSSR count). The Hall–Kier alpha value is -1.35. The molecule has 15 heavy (non-hydrogen) atoms. The third-order valence-corrected chi connectivity index (χ3v) is 2.33. The molecule has 0 spiro atoms. The lowest BCUT2D eigenvalue weighted by atomic mass is 10.0. The zero-order chi connectivity index (χ0) is 11.3.